The monoisotopic (exact) mass is 313 g/mol. The summed E-state index contributed by atoms with van der Waals surface area (Å²) in [5, 5.41) is 8.88. The van der Waals surface area contributed by atoms with Crippen molar-refractivity contribution in [2.45, 2.75) is 64.5 Å². The average Bonchev–Trinajstić information content (AvgIpc) is 3.05. The molecule has 2 rings (SSSR count). The number of aromatic nitrogens is 2. The molecule has 0 bridgehead atoms. The molecule has 0 spiro atoms. The first-order chi connectivity index (χ1) is 10.1. The van der Waals surface area contributed by atoms with Gasteiger partial charge in [0.05, 0.1) is 22.5 Å². The maximum atomic E-state index is 6.38. The Hall–Kier alpha value is -0.580. The third kappa shape index (κ3) is 4.70. The van der Waals surface area contributed by atoms with Gasteiger partial charge < -0.3 is 10.1 Å². The summed E-state index contributed by atoms with van der Waals surface area (Å²) in [6.07, 6.45) is 7.23. The van der Waals surface area contributed by atoms with Gasteiger partial charge in [-0.2, -0.15) is 5.10 Å². The van der Waals surface area contributed by atoms with Gasteiger partial charge in [0.15, 0.2) is 0 Å². The summed E-state index contributed by atoms with van der Waals surface area (Å²) in [5.74, 6) is 0. The van der Waals surface area contributed by atoms with Crippen LogP contribution in [0.4, 0.5) is 0 Å². The molecule has 120 valence electrons. The molecule has 1 aromatic rings. The van der Waals surface area contributed by atoms with Crippen molar-refractivity contribution < 1.29 is 4.74 Å². The minimum atomic E-state index is 0.446. The van der Waals surface area contributed by atoms with E-state index < -0.39 is 0 Å². The van der Waals surface area contributed by atoms with E-state index in [0.29, 0.717) is 12.1 Å². The predicted molar refractivity (Wildman–Crippen MR) is 86.9 cm³/mol. The van der Waals surface area contributed by atoms with E-state index in [9.17, 15) is 0 Å². The molecule has 0 amide bonds. The van der Waals surface area contributed by atoms with E-state index in [1.165, 1.54) is 12.8 Å². The highest BCUT2D eigenvalue weighted by molar-refractivity contribution is 6.31. The van der Waals surface area contributed by atoms with Gasteiger partial charge in [0.1, 0.15) is 0 Å². The van der Waals surface area contributed by atoms with Gasteiger partial charge in [-0.25, -0.2) is 0 Å². The van der Waals surface area contributed by atoms with E-state index in [1.807, 2.05) is 18.7 Å². The maximum absolute atomic E-state index is 6.38. The van der Waals surface area contributed by atoms with Crippen molar-refractivity contribution in [1.29, 1.82) is 0 Å². The second-order valence-corrected chi connectivity index (χ2v) is 6.42. The SMILES string of the molecule is CCCNC(CCC1CCCO1)Cc1c(Cl)c(C)nn1C. The first-order valence-corrected chi connectivity index (χ1v) is 8.52. The van der Waals surface area contributed by atoms with Gasteiger partial charge in [-0.05, 0) is 45.6 Å². The maximum Gasteiger partial charge on any atom is 0.0847 e. The Labute approximate surface area is 133 Å². The Bertz CT molecular complexity index is 441. The molecule has 1 fully saturated rings. The molecule has 1 aliphatic heterocycles. The Balaban J connectivity index is 1.94. The third-order valence-electron chi connectivity index (χ3n) is 4.25. The third-order valence-corrected chi connectivity index (χ3v) is 4.74. The first kappa shape index (κ1) is 16.8. The number of hydrogen-bond acceptors (Lipinski definition) is 3. The molecule has 2 atom stereocenters. The molecule has 0 radical (unpaired) electrons. The summed E-state index contributed by atoms with van der Waals surface area (Å²) in [4.78, 5) is 0. The van der Waals surface area contributed by atoms with E-state index in [2.05, 4.69) is 17.3 Å². The summed E-state index contributed by atoms with van der Waals surface area (Å²) in [5.41, 5.74) is 2.05. The molecule has 1 saturated heterocycles. The molecule has 1 aromatic heterocycles. The second-order valence-electron chi connectivity index (χ2n) is 6.04. The van der Waals surface area contributed by atoms with E-state index in [0.717, 1.165) is 55.2 Å². The van der Waals surface area contributed by atoms with Crippen LogP contribution in [0.3, 0.4) is 0 Å². The Morgan fingerprint density at radius 1 is 1.52 bits per heavy atom. The summed E-state index contributed by atoms with van der Waals surface area (Å²) in [7, 11) is 1.98. The molecule has 4 nitrogen and oxygen atoms in total. The van der Waals surface area contributed by atoms with Gasteiger partial charge in [-0.3, -0.25) is 4.68 Å². The number of halogens is 1. The van der Waals surface area contributed by atoms with Crippen LogP contribution in [0.5, 0.6) is 0 Å². The molecule has 2 heterocycles. The second kappa shape index (κ2) is 8.16. The van der Waals surface area contributed by atoms with Crippen LogP contribution in [0.25, 0.3) is 0 Å². The number of nitrogens with one attached hydrogen (secondary N) is 1. The van der Waals surface area contributed by atoms with Crippen molar-refractivity contribution in [3.63, 3.8) is 0 Å². The molecule has 2 unspecified atom stereocenters. The average molecular weight is 314 g/mol. The lowest BCUT2D eigenvalue weighted by Gasteiger charge is -2.20. The van der Waals surface area contributed by atoms with Crippen molar-refractivity contribution in [1.82, 2.24) is 15.1 Å². The largest absolute Gasteiger partial charge is 0.378 e. The van der Waals surface area contributed by atoms with Crippen molar-refractivity contribution >= 4 is 11.6 Å². The van der Waals surface area contributed by atoms with Crippen LogP contribution < -0.4 is 5.32 Å². The molecule has 21 heavy (non-hydrogen) atoms. The van der Waals surface area contributed by atoms with Crippen LogP contribution in [0, 0.1) is 6.92 Å². The van der Waals surface area contributed by atoms with Gasteiger partial charge in [0.2, 0.25) is 0 Å². The lowest BCUT2D eigenvalue weighted by atomic mass is 10.0. The standard InChI is InChI=1S/C16H28ClN3O/c1-4-9-18-13(7-8-14-6-5-10-21-14)11-15-16(17)12(2)19-20(15)3/h13-14,18H,4-11H2,1-3H3. The van der Waals surface area contributed by atoms with Crippen LogP contribution in [0.2, 0.25) is 5.02 Å². The van der Waals surface area contributed by atoms with Crippen LogP contribution in [0.1, 0.15) is 50.4 Å². The lowest BCUT2D eigenvalue weighted by molar-refractivity contribution is 0.0995. The molecule has 0 saturated carbocycles. The summed E-state index contributed by atoms with van der Waals surface area (Å²) < 4.78 is 7.66. The Morgan fingerprint density at radius 2 is 2.33 bits per heavy atom. The van der Waals surface area contributed by atoms with Gasteiger partial charge in [0.25, 0.3) is 0 Å². The van der Waals surface area contributed by atoms with Crippen LogP contribution >= 0.6 is 11.6 Å². The van der Waals surface area contributed by atoms with Crippen molar-refractivity contribution in [2.24, 2.45) is 7.05 Å². The fourth-order valence-electron chi connectivity index (χ4n) is 3.02. The number of nitrogens with zero attached hydrogens (tertiary/aromatic N) is 2. The zero-order chi connectivity index (χ0) is 15.2. The topological polar surface area (TPSA) is 39.1 Å². The minimum Gasteiger partial charge on any atom is -0.378 e. The highest BCUT2D eigenvalue weighted by Gasteiger charge is 2.20. The Kier molecular flexibility index (Phi) is 6.52. The summed E-state index contributed by atoms with van der Waals surface area (Å²) >= 11 is 6.38. The van der Waals surface area contributed by atoms with Gasteiger partial charge >= 0.3 is 0 Å². The molecular formula is C16H28ClN3O. The Morgan fingerprint density at radius 3 is 2.90 bits per heavy atom. The van der Waals surface area contributed by atoms with Crippen molar-refractivity contribution in [3.05, 3.63) is 16.4 Å². The first-order valence-electron chi connectivity index (χ1n) is 8.14. The number of ether oxygens (including phenoxy) is 1. The highest BCUT2D eigenvalue weighted by atomic mass is 35.5. The fraction of sp³-hybridized carbons (Fsp3) is 0.812. The fourth-order valence-corrected chi connectivity index (χ4v) is 3.26. The predicted octanol–water partition coefficient (Wildman–Crippen LogP) is 3.25. The molecule has 1 aliphatic rings. The molecule has 0 aliphatic carbocycles. The van der Waals surface area contributed by atoms with E-state index in [-0.39, 0.29) is 0 Å². The lowest BCUT2D eigenvalue weighted by Crippen LogP contribution is -2.33. The zero-order valence-electron chi connectivity index (χ0n) is 13.5. The van der Waals surface area contributed by atoms with Gasteiger partial charge in [0, 0.05) is 26.1 Å². The molecular weight excluding hydrogens is 286 g/mol. The van der Waals surface area contributed by atoms with Crippen molar-refractivity contribution in [2.75, 3.05) is 13.2 Å². The quantitative estimate of drug-likeness (QED) is 0.800. The molecule has 1 N–H and O–H groups in total. The summed E-state index contributed by atoms with van der Waals surface area (Å²) in [6.45, 7) is 6.15. The molecule has 5 heteroatoms. The van der Waals surface area contributed by atoms with Gasteiger partial charge in [-0.1, -0.05) is 18.5 Å². The van der Waals surface area contributed by atoms with Crippen molar-refractivity contribution in [3.8, 4) is 0 Å². The zero-order valence-corrected chi connectivity index (χ0v) is 14.2. The number of aryl methyl sites for hydroxylation is 2. The van der Waals surface area contributed by atoms with E-state index in [4.69, 9.17) is 16.3 Å². The summed E-state index contributed by atoms with van der Waals surface area (Å²) in [6, 6.07) is 0.446. The smallest absolute Gasteiger partial charge is 0.0847 e. The number of hydrogen-bond donors (Lipinski definition) is 1. The van der Waals surface area contributed by atoms with Crippen LogP contribution in [0.15, 0.2) is 0 Å². The van der Waals surface area contributed by atoms with E-state index in [1.54, 1.807) is 0 Å². The van der Waals surface area contributed by atoms with E-state index >= 15 is 0 Å². The molecule has 0 aromatic carbocycles. The number of rotatable bonds is 8. The van der Waals surface area contributed by atoms with Gasteiger partial charge in [-0.15, -0.1) is 0 Å². The minimum absolute atomic E-state index is 0.446. The highest BCUT2D eigenvalue weighted by Crippen LogP contribution is 2.23. The van der Waals surface area contributed by atoms with Crippen LogP contribution in [-0.4, -0.2) is 35.1 Å². The van der Waals surface area contributed by atoms with Crippen LogP contribution in [-0.2, 0) is 18.2 Å². The normalized spacial score (nSPS) is 20.1.